The van der Waals surface area contributed by atoms with Crippen LogP contribution in [0.25, 0.3) is 11.1 Å². The van der Waals surface area contributed by atoms with E-state index in [1.165, 1.54) is 6.07 Å². The summed E-state index contributed by atoms with van der Waals surface area (Å²) in [7, 11) is 0. The van der Waals surface area contributed by atoms with Gasteiger partial charge in [-0.1, -0.05) is 37.3 Å². The van der Waals surface area contributed by atoms with Gasteiger partial charge in [-0.3, -0.25) is 4.79 Å². The van der Waals surface area contributed by atoms with Crippen LogP contribution in [0.4, 0.5) is 4.39 Å². The van der Waals surface area contributed by atoms with Crippen molar-refractivity contribution in [2.24, 2.45) is 5.92 Å². The monoisotopic (exact) mass is 254 g/mol. The van der Waals surface area contributed by atoms with Crippen LogP contribution in [0.5, 0.6) is 0 Å². The maximum Gasteiger partial charge on any atom is 0.165 e. The third kappa shape index (κ3) is 2.07. The normalized spacial score (nSPS) is 18.2. The molecule has 0 aliphatic heterocycles. The Morgan fingerprint density at radius 1 is 1.11 bits per heavy atom. The van der Waals surface area contributed by atoms with Gasteiger partial charge in [-0.05, 0) is 36.1 Å². The van der Waals surface area contributed by atoms with Crippen LogP contribution in [-0.4, -0.2) is 5.78 Å². The average molecular weight is 254 g/mol. The van der Waals surface area contributed by atoms with Crippen LogP contribution in [0.2, 0.25) is 0 Å². The van der Waals surface area contributed by atoms with Crippen molar-refractivity contribution in [3.05, 3.63) is 59.4 Å². The third-order valence-electron chi connectivity index (χ3n) is 3.85. The second-order valence-corrected chi connectivity index (χ2v) is 5.16. The van der Waals surface area contributed by atoms with E-state index >= 15 is 0 Å². The van der Waals surface area contributed by atoms with Gasteiger partial charge in [0.2, 0.25) is 0 Å². The van der Waals surface area contributed by atoms with Gasteiger partial charge >= 0.3 is 0 Å². The molecule has 0 saturated heterocycles. The molecule has 0 amide bonds. The molecule has 0 N–H and O–H groups in total. The van der Waals surface area contributed by atoms with Crippen LogP contribution >= 0.6 is 0 Å². The van der Waals surface area contributed by atoms with Gasteiger partial charge in [-0.15, -0.1) is 0 Å². The van der Waals surface area contributed by atoms with Gasteiger partial charge < -0.3 is 0 Å². The molecule has 0 saturated carbocycles. The summed E-state index contributed by atoms with van der Waals surface area (Å²) in [5.41, 5.74) is 3.18. The lowest BCUT2D eigenvalue weighted by atomic mass is 9.82. The van der Waals surface area contributed by atoms with Crippen molar-refractivity contribution >= 4 is 5.78 Å². The first-order chi connectivity index (χ1) is 9.16. The van der Waals surface area contributed by atoms with Crippen molar-refractivity contribution in [1.82, 2.24) is 0 Å². The quantitative estimate of drug-likeness (QED) is 0.743. The Labute approximate surface area is 112 Å². The summed E-state index contributed by atoms with van der Waals surface area (Å²) in [6.45, 7) is 1.96. The van der Waals surface area contributed by atoms with E-state index in [0.29, 0.717) is 5.56 Å². The van der Waals surface area contributed by atoms with Crippen LogP contribution in [0, 0.1) is 11.7 Å². The summed E-state index contributed by atoms with van der Waals surface area (Å²) in [5, 5.41) is 0. The highest BCUT2D eigenvalue weighted by molar-refractivity contribution is 6.01. The predicted octanol–water partition coefficient (Wildman–Crippen LogP) is 4.26. The van der Waals surface area contributed by atoms with E-state index in [4.69, 9.17) is 0 Å². The van der Waals surface area contributed by atoms with Gasteiger partial charge in [-0.25, -0.2) is 4.39 Å². The molecule has 0 spiro atoms. The first kappa shape index (κ1) is 12.1. The number of benzene rings is 2. The average Bonchev–Trinajstić information content (AvgIpc) is 2.43. The van der Waals surface area contributed by atoms with Crippen LogP contribution in [0.3, 0.4) is 0 Å². The molecule has 0 bridgehead atoms. The molecule has 19 heavy (non-hydrogen) atoms. The van der Waals surface area contributed by atoms with Crippen molar-refractivity contribution in [2.45, 2.75) is 19.8 Å². The summed E-state index contributed by atoms with van der Waals surface area (Å²) in [6.07, 6.45) is 1.84. The summed E-state index contributed by atoms with van der Waals surface area (Å²) in [5.74, 6) is 0.00145. The Kier molecular flexibility index (Phi) is 2.94. The van der Waals surface area contributed by atoms with Crippen molar-refractivity contribution < 1.29 is 9.18 Å². The lowest BCUT2D eigenvalue weighted by Gasteiger charge is -2.21. The maximum atomic E-state index is 13.8. The number of aryl methyl sites for hydroxylation is 1. The molecular formula is C17H15FO. The van der Waals surface area contributed by atoms with E-state index in [9.17, 15) is 9.18 Å². The molecule has 1 aliphatic rings. The Balaban J connectivity index is 2.11. The van der Waals surface area contributed by atoms with Crippen molar-refractivity contribution in [3.63, 3.8) is 0 Å². The van der Waals surface area contributed by atoms with Crippen LogP contribution in [0.15, 0.2) is 42.5 Å². The number of Topliss-reactive ketones (excluding diaryl/α,β-unsaturated/α-hetero) is 1. The number of carbonyl (C=O) groups excluding carboxylic acids is 1. The lowest BCUT2D eigenvalue weighted by Crippen LogP contribution is -2.19. The number of halogens is 1. The minimum atomic E-state index is -0.251. The highest BCUT2D eigenvalue weighted by Gasteiger charge is 2.24. The number of ketones is 1. The molecule has 2 heteroatoms. The fraction of sp³-hybridized carbons (Fsp3) is 0.235. The van der Waals surface area contributed by atoms with E-state index in [1.54, 1.807) is 12.1 Å². The van der Waals surface area contributed by atoms with Gasteiger partial charge in [0.15, 0.2) is 5.78 Å². The van der Waals surface area contributed by atoms with E-state index in [2.05, 4.69) is 0 Å². The van der Waals surface area contributed by atoms with Gasteiger partial charge in [-0.2, -0.15) is 0 Å². The molecule has 96 valence electrons. The van der Waals surface area contributed by atoms with Crippen LogP contribution in [-0.2, 0) is 6.42 Å². The zero-order valence-corrected chi connectivity index (χ0v) is 10.8. The first-order valence-corrected chi connectivity index (χ1v) is 6.59. The summed E-state index contributed by atoms with van der Waals surface area (Å²) in [4.78, 5) is 12.2. The second kappa shape index (κ2) is 4.61. The number of hydrogen-bond acceptors (Lipinski definition) is 1. The summed E-state index contributed by atoms with van der Waals surface area (Å²) < 4.78 is 13.8. The first-order valence-electron chi connectivity index (χ1n) is 6.59. The predicted molar refractivity (Wildman–Crippen MR) is 73.7 cm³/mol. The van der Waals surface area contributed by atoms with E-state index in [-0.39, 0.29) is 17.5 Å². The molecular weight excluding hydrogens is 239 g/mol. The van der Waals surface area contributed by atoms with Gasteiger partial charge in [0.05, 0.1) is 0 Å². The minimum absolute atomic E-state index is 0.0726. The van der Waals surface area contributed by atoms with Crippen molar-refractivity contribution in [3.8, 4) is 11.1 Å². The Morgan fingerprint density at radius 2 is 1.89 bits per heavy atom. The molecule has 2 aromatic rings. The summed E-state index contributed by atoms with van der Waals surface area (Å²) >= 11 is 0. The number of hydrogen-bond donors (Lipinski definition) is 0. The summed E-state index contributed by atoms with van der Waals surface area (Å²) in [6, 6.07) is 12.4. The van der Waals surface area contributed by atoms with Crippen molar-refractivity contribution in [1.29, 1.82) is 0 Å². The smallest absolute Gasteiger partial charge is 0.165 e. The topological polar surface area (TPSA) is 17.1 Å². The molecule has 3 rings (SSSR count). The molecule has 0 fully saturated rings. The number of carbonyl (C=O) groups is 1. The van der Waals surface area contributed by atoms with Crippen LogP contribution < -0.4 is 0 Å². The fourth-order valence-corrected chi connectivity index (χ4v) is 2.66. The number of rotatable bonds is 1. The minimum Gasteiger partial charge on any atom is -0.294 e. The molecule has 2 aromatic carbocycles. The van der Waals surface area contributed by atoms with Gasteiger partial charge in [0.25, 0.3) is 0 Å². The Hall–Kier alpha value is -1.96. The zero-order valence-electron chi connectivity index (χ0n) is 10.8. The Bertz CT molecular complexity index is 645. The molecule has 0 aromatic heterocycles. The van der Waals surface area contributed by atoms with E-state index < -0.39 is 0 Å². The van der Waals surface area contributed by atoms with E-state index in [0.717, 1.165) is 29.5 Å². The molecule has 1 aliphatic carbocycles. The standard InChI is InChI=1S/C17H15FO/c1-11-6-7-12-8-9-13(10-15(12)17(11)19)14-4-2-3-5-16(14)18/h2-5,8-11H,6-7H2,1H3. The molecule has 1 atom stereocenters. The second-order valence-electron chi connectivity index (χ2n) is 5.16. The lowest BCUT2D eigenvalue weighted by molar-refractivity contribution is 0.0913. The Morgan fingerprint density at radius 3 is 2.68 bits per heavy atom. The molecule has 0 radical (unpaired) electrons. The SMILES string of the molecule is CC1CCc2ccc(-c3ccccc3F)cc2C1=O. The molecule has 1 nitrogen and oxygen atoms in total. The largest absolute Gasteiger partial charge is 0.294 e. The molecule has 1 unspecified atom stereocenters. The van der Waals surface area contributed by atoms with Gasteiger partial charge in [0, 0.05) is 17.0 Å². The zero-order chi connectivity index (χ0) is 13.4. The maximum absolute atomic E-state index is 13.8. The fourth-order valence-electron chi connectivity index (χ4n) is 2.66. The number of fused-ring (bicyclic) bond motifs is 1. The highest BCUT2D eigenvalue weighted by atomic mass is 19.1. The van der Waals surface area contributed by atoms with E-state index in [1.807, 2.05) is 31.2 Å². The highest BCUT2D eigenvalue weighted by Crippen LogP contribution is 2.30. The van der Waals surface area contributed by atoms with Crippen molar-refractivity contribution in [2.75, 3.05) is 0 Å². The third-order valence-corrected chi connectivity index (χ3v) is 3.85. The van der Waals surface area contributed by atoms with Crippen LogP contribution in [0.1, 0.15) is 29.3 Å². The molecule has 0 heterocycles. The van der Waals surface area contributed by atoms with Gasteiger partial charge in [0.1, 0.15) is 5.82 Å².